The number of amidine groups is 1. The van der Waals surface area contributed by atoms with E-state index in [1.807, 2.05) is 13.8 Å². The third-order valence-electron chi connectivity index (χ3n) is 3.07. The molecule has 1 rings (SSSR count). The lowest BCUT2D eigenvalue weighted by atomic mass is 10.1. The van der Waals surface area contributed by atoms with E-state index in [-0.39, 0.29) is 11.8 Å². The van der Waals surface area contributed by atoms with E-state index in [0.29, 0.717) is 11.6 Å². The van der Waals surface area contributed by atoms with Gasteiger partial charge in [0.15, 0.2) is 5.17 Å². The topological polar surface area (TPSA) is 58.5 Å². The molecule has 4 nitrogen and oxygen atoms in total. The second kappa shape index (κ2) is 7.68. The molecule has 0 saturated heterocycles. The van der Waals surface area contributed by atoms with Gasteiger partial charge in [0.25, 0.3) is 5.91 Å². The molecule has 0 aromatic rings. The van der Waals surface area contributed by atoms with E-state index in [1.165, 1.54) is 37.4 Å². The zero-order chi connectivity index (χ0) is 14.3. The highest BCUT2D eigenvalue weighted by Crippen LogP contribution is 2.32. The van der Waals surface area contributed by atoms with Crippen LogP contribution in [-0.4, -0.2) is 21.7 Å². The first-order valence-corrected chi connectivity index (χ1v) is 7.89. The number of rotatable bonds is 7. The van der Waals surface area contributed by atoms with Crippen LogP contribution in [0.2, 0.25) is 0 Å². The van der Waals surface area contributed by atoms with Crippen LogP contribution in [0.5, 0.6) is 0 Å². The van der Waals surface area contributed by atoms with E-state index >= 15 is 0 Å². The van der Waals surface area contributed by atoms with Gasteiger partial charge in [0.05, 0.1) is 4.75 Å². The number of nitrogens with one attached hydrogen (secondary N) is 1. The van der Waals surface area contributed by atoms with Crippen molar-refractivity contribution in [3.63, 3.8) is 0 Å². The fourth-order valence-electron chi connectivity index (χ4n) is 1.84. The SMILES string of the molecule is CCCCCCCCC(=O)NC1=NC(=O)C(C)(C)S1. The Morgan fingerprint density at radius 1 is 1.21 bits per heavy atom. The number of carbonyl (C=O) groups excluding carboxylic acids is 2. The summed E-state index contributed by atoms with van der Waals surface area (Å²) in [6.45, 7) is 5.82. The van der Waals surface area contributed by atoms with Crippen LogP contribution in [0.3, 0.4) is 0 Å². The maximum Gasteiger partial charge on any atom is 0.264 e. The van der Waals surface area contributed by atoms with Crippen LogP contribution in [0.1, 0.15) is 65.7 Å². The van der Waals surface area contributed by atoms with Crippen LogP contribution < -0.4 is 5.32 Å². The van der Waals surface area contributed by atoms with Crippen molar-refractivity contribution < 1.29 is 9.59 Å². The monoisotopic (exact) mass is 284 g/mol. The number of aliphatic imine (C=N–C) groups is 1. The molecule has 0 aliphatic carbocycles. The quantitative estimate of drug-likeness (QED) is 0.730. The molecule has 1 heterocycles. The average molecular weight is 284 g/mol. The van der Waals surface area contributed by atoms with Crippen molar-refractivity contribution in [1.82, 2.24) is 5.32 Å². The zero-order valence-electron chi connectivity index (χ0n) is 12.1. The van der Waals surface area contributed by atoms with Crippen molar-refractivity contribution in [2.75, 3.05) is 0 Å². The molecule has 1 aliphatic rings. The molecule has 1 aliphatic heterocycles. The van der Waals surface area contributed by atoms with Gasteiger partial charge in [-0.05, 0) is 20.3 Å². The second-order valence-electron chi connectivity index (χ2n) is 5.40. The first-order valence-electron chi connectivity index (χ1n) is 7.07. The van der Waals surface area contributed by atoms with Crippen molar-refractivity contribution in [2.45, 2.75) is 70.5 Å². The van der Waals surface area contributed by atoms with E-state index in [2.05, 4.69) is 17.2 Å². The highest BCUT2D eigenvalue weighted by Gasteiger charge is 2.36. The summed E-state index contributed by atoms with van der Waals surface area (Å²) in [5.41, 5.74) is 0. The van der Waals surface area contributed by atoms with Gasteiger partial charge in [-0.15, -0.1) is 0 Å². The van der Waals surface area contributed by atoms with Crippen LogP contribution >= 0.6 is 11.8 Å². The lowest BCUT2D eigenvalue weighted by Gasteiger charge is -2.11. The van der Waals surface area contributed by atoms with Gasteiger partial charge < -0.3 is 5.32 Å². The summed E-state index contributed by atoms with van der Waals surface area (Å²) in [7, 11) is 0. The average Bonchev–Trinajstić information content (AvgIpc) is 2.57. The highest BCUT2D eigenvalue weighted by atomic mass is 32.2. The summed E-state index contributed by atoms with van der Waals surface area (Å²) >= 11 is 1.32. The van der Waals surface area contributed by atoms with Gasteiger partial charge in [0, 0.05) is 6.42 Å². The molecule has 1 N–H and O–H groups in total. The Hall–Kier alpha value is -0.840. The van der Waals surface area contributed by atoms with Crippen LogP contribution in [0, 0.1) is 0 Å². The fourth-order valence-corrected chi connectivity index (χ4v) is 2.75. The van der Waals surface area contributed by atoms with Gasteiger partial charge in [0.2, 0.25) is 5.91 Å². The smallest absolute Gasteiger partial charge is 0.264 e. The second-order valence-corrected chi connectivity index (χ2v) is 7.01. The number of unbranched alkanes of at least 4 members (excludes halogenated alkanes) is 5. The summed E-state index contributed by atoms with van der Waals surface area (Å²) in [6, 6.07) is 0. The highest BCUT2D eigenvalue weighted by molar-refractivity contribution is 8.16. The number of carbonyl (C=O) groups is 2. The Balaban J connectivity index is 2.15. The minimum atomic E-state index is -0.539. The van der Waals surface area contributed by atoms with Gasteiger partial charge in [-0.2, -0.15) is 4.99 Å². The van der Waals surface area contributed by atoms with E-state index in [1.54, 1.807) is 0 Å². The molecule has 2 amide bonds. The van der Waals surface area contributed by atoms with Crippen LogP contribution in [0.25, 0.3) is 0 Å². The number of amides is 2. The molecule has 0 bridgehead atoms. The lowest BCUT2D eigenvalue weighted by Crippen LogP contribution is -2.28. The molecule has 0 atom stereocenters. The predicted molar refractivity (Wildman–Crippen MR) is 80.2 cm³/mol. The van der Waals surface area contributed by atoms with Gasteiger partial charge in [0.1, 0.15) is 0 Å². The summed E-state index contributed by atoms with van der Waals surface area (Å²) in [5.74, 6) is -0.209. The fraction of sp³-hybridized carbons (Fsp3) is 0.786. The molecular weight excluding hydrogens is 260 g/mol. The Kier molecular flexibility index (Phi) is 6.55. The van der Waals surface area contributed by atoms with Crippen molar-refractivity contribution >= 4 is 28.7 Å². The Bertz CT molecular complexity index is 364. The lowest BCUT2D eigenvalue weighted by molar-refractivity contribution is -0.119. The maximum atomic E-state index is 11.7. The van der Waals surface area contributed by atoms with E-state index in [0.717, 1.165) is 12.8 Å². The van der Waals surface area contributed by atoms with E-state index in [9.17, 15) is 9.59 Å². The molecule has 19 heavy (non-hydrogen) atoms. The molecule has 0 saturated carbocycles. The summed E-state index contributed by atoms with van der Waals surface area (Å²) in [4.78, 5) is 27.0. The van der Waals surface area contributed by atoms with Crippen molar-refractivity contribution in [1.29, 1.82) is 0 Å². The van der Waals surface area contributed by atoms with Crippen molar-refractivity contribution in [3.05, 3.63) is 0 Å². The van der Waals surface area contributed by atoms with Crippen LogP contribution in [0.4, 0.5) is 0 Å². The summed E-state index contributed by atoms with van der Waals surface area (Å²) < 4.78 is -0.539. The Labute approximate surface area is 119 Å². The molecule has 108 valence electrons. The molecular formula is C14H24N2O2S. The van der Waals surface area contributed by atoms with Crippen LogP contribution in [0.15, 0.2) is 4.99 Å². The maximum absolute atomic E-state index is 11.7. The zero-order valence-corrected chi connectivity index (χ0v) is 12.9. The third kappa shape index (κ3) is 5.76. The third-order valence-corrected chi connectivity index (χ3v) is 4.15. The normalized spacial score (nSPS) is 17.4. The Morgan fingerprint density at radius 3 is 2.42 bits per heavy atom. The van der Waals surface area contributed by atoms with Crippen molar-refractivity contribution in [3.8, 4) is 0 Å². The summed E-state index contributed by atoms with van der Waals surface area (Å²) in [5, 5.41) is 3.17. The van der Waals surface area contributed by atoms with E-state index < -0.39 is 4.75 Å². The first kappa shape index (κ1) is 16.2. The molecule has 5 heteroatoms. The standard InChI is InChI=1S/C14H24N2O2S/c1-4-5-6-7-8-9-10-11(17)15-13-16-12(18)14(2,3)19-13/h4-10H2,1-3H3,(H,15,16,17,18). The largest absolute Gasteiger partial charge is 0.305 e. The van der Waals surface area contributed by atoms with Gasteiger partial charge in [-0.1, -0.05) is 50.8 Å². The number of nitrogens with zero attached hydrogens (tertiary/aromatic N) is 1. The van der Waals surface area contributed by atoms with E-state index in [4.69, 9.17) is 0 Å². The number of hydrogen-bond acceptors (Lipinski definition) is 3. The predicted octanol–water partition coefficient (Wildman–Crippen LogP) is 3.26. The Morgan fingerprint density at radius 2 is 1.84 bits per heavy atom. The molecule has 0 aromatic carbocycles. The molecule has 0 aromatic heterocycles. The first-order chi connectivity index (χ1) is 8.95. The van der Waals surface area contributed by atoms with Crippen LogP contribution in [-0.2, 0) is 9.59 Å². The molecule has 0 spiro atoms. The molecule has 0 radical (unpaired) electrons. The van der Waals surface area contributed by atoms with Gasteiger partial charge in [-0.25, -0.2) is 0 Å². The molecule has 0 fully saturated rings. The number of hydrogen-bond donors (Lipinski definition) is 1. The van der Waals surface area contributed by atoms with Gasteiger partial charge in [-0.3, -0.25) is 9.59 Å². The number of thioether (sulfide) groups is 1. The van der Waals surface area contributed by atoms with Crippen molar-refractivity contribution in [2.24, 2.45) is 4.99 Å². The van der Waals surface area contributed by atoms with Gasteiger partial charge >= 0.3 is 0 Å². The summed E-state index contributed by atoms with van der Waals surface area (Å²) in [6.07, 6.45) is 7.48. The molecule has 0 unspecified atom stereocenters. The minimum absolute atomic E-state index is 0.0350. The minimum Gasteiger partial charge on any atom is -0.305 e.